The predicted molar refractivity (Wildman–Crippen MR) is 83.7 cm³/mol. The van der Waals surface area contributed by atoms with E-state index in [2.05, 4.69) is 5.32 Å². The SMILES string of the molecule is O=C(O)c1ccc(NCn2c(=S)oc3ccccc32)cc1O. The summed E-state index contributed by atoms with van der Waals surface area (Å²) in [5.74, 6) is -1.47. The number of fused-ring (bicyclic) bond motifs is 1. The molecule has 0 amide bonds. The number of phenols is 1. The van der Waals surface area contributed by atoms with Crippen LogP contribution in [-0.2, 0) is 6.67 Å². The number of carboxylic acids is 1. The molecule has 1 heterocycles. The van der Waals surface area contributed by atoms with Crippen LogP contribution in [0.5, 0.6) is 5.75 Å². The molecule has 112 valence electrons. The zero-order chi connectivity index (χ0) is 15.7. The first-order chi connectivity index (χ1) is 10.6. The van der Waals surface area contributed by atoms with E-state index < -0.39 is 5.97 Å². The second-order valence-corrected chi connectivity index (χ2v) is 4.98. The highest BCUT2D eigenvalue weighted by Gasteiger charge is 2.10. The van der Waals surface area contributed by atoms with Crippen molar-refractivity contribution in [3.63, 3.8) is 0 Å². The highest BCUT2D eigenvalue weighted by atomic mass is 32.1. The Balaban J connectivity index is 1.85. The van der Waals surface area contributed by atoms with Gasteiger partial charge >= 0.3 is 5.97 Å². The molecule has 0 spiro atoms. The molecule has 0 atom stereocenters. The van der Waals surface area contributed by atoms with Crippen LogP contribution in [0.4, 0.5) is 5.69 Å². The summed E-state index contributed by atoms with van der Waals surface area (Å²) in [6.07, 6.45) is 0. The van der Waals surface area contributed by atoms with Gasteiger partial charge in [-0.1, -0.05) is 12.1 Å². The molecule has 0 bridgehead atoms. The van der Waals surface area contributed by atoms with Crippen molar-refractivity contribution >= 4 is 35.0 Å². The number of carbonyl (C=O) groups is 1. The second kappa shape index (κ2) is 5.53. The molecular weight excluding hydrogens is 304 g/mol. The van der Waals surface area contributed by atoms with Gasteiger partial charge in [-0.3, -0.25) is 4.57 Å². The highest BCUT2D eigenvalue weighted by molar-refractivity contribution is 7.71. The summed E-state index contributed by atoms with van der Waals surface area (Å²) in [7, 11) is 0. The van der Waals surface area contributed by atoms with Gasteiger partial charge in [0.15, 0.2) is 5.58 Å². The Morgan fingerprint density at radius 3 is 2.77 bits per heavy atom. The fourth-order valence-corrected chi connectivity index (χ4v) is 2.41. The number of aromatic nitrogens is 1. The number of benzene rings is 2. The van der Waals surface area contributed by atoms with Crippen molar-refractivity contribution in [2.75, 3.05) is 5.32 Å². The van der Waals surface area contributed by atoms with Crippen molar-refractivity contribution in [1.29, 1.82) is 0 Å². The van der Waals surface area contributed by atoms with Gasteiger partial charge < -0.3 is 19.9 Å². The first-order valence-corrected chi connectivity index (χ1v) is 6.85. The maximum absolute atomic E-state index is 10.9. The van der Waals surface area contributed by atoms with E-state index in [9.17, 15) is 9.90 Å². The summed E-state index contributed by atoms with van der Waals surface area (Å²) in [4.78, 5) is 11.2. The molecule has 0 saturated heterocycles. The lowest BCUT2D eigenvalue weighted by Crippen LogP contribution is -2.08. The molecule has 0 aliphatic rings. The smallest absolute Gasteiger partial charge is 0.339 e. The van der Waals surface area contributed by atoms with Crippen LogP contribution in [0, 0.1) is 4.84 Å². The van der Waals surface area contributed by atoms with Gasteiger partial charge in [0.05, 0.1) is 12.2 Å². The normalized spacial score (nSPS) is 10.7. The topological polar surface area (TPSA) is 87.6 Å². The van der Waals surface area contributed by atoms with Gasteiger partial charge in [-0.2, -0.15) is 0 Å². The number of anilines is 1. The van der Waals surface area contributed by atoms with Crippen LogP contribution in [0.25, 0.3) is 11.1 Å². The third kappa shape index (κ3) is 2.53. The number of rotatable bonds is 4. The molecule has 3 rings (SSSR count). The van der Waals surface area contributed by atoms with Crippen molar-refractivity contribution in [3.05, 3.63) is 52.9 Å². The number of aromatic carboxylic acids is 1. The molecule has 0 unspecified atom stereocenters. The van der Waals surface area contributed by atoms with Crippen molar-refractivity contribution in [3.8, 4) is 5.75 Å². The van der Waals surface area contributed by atoms with Crippen molar-refractivity contribution in [2.24, 2.45) is 0 Å². The summed E-state index contributed by atoms with van der Waals surface area (Å²) in [6.45, 7) is 0.335. The Labute approximate surface area is 130 Å². The van der Waals surface area contributed by atoms with E-state index in [-0.39, 0.29) is 11.3 Å². The van der Waals surface area contributed by atoms with Gasteiger partial charge in [0.1, 0.15) is 11.3 Å². The molecule has 0 aliphatic heterocycles. The average Bonchev–Trinajstić information content (AvgIpc) is 2.80. The van der Waals surface area contributed by atoms with Crippen LogP contribution < -0.4 is 5.32 Å². The maximum atomic E-state index is 10.9. The first-order valence-electron chi connectivity index (χ1n) is 6.45. The number of carboxylic acid groups (broad SMARTS) is 1. The minimum Gasteiger partial charge on any atom is -0.507 e. The molecule has 0 radical (unpaired) electrons. The summed E-state index contributed by atoms with van der Waals surface area (Å²) in [5.41, 5.74) is 1.98. The predicted octanol–water partition coefficient (Wildman–Crippen LogP) is 3.44. The molecule has 6 nitrogen and oxygen atoms in total. The van der Waals surface area contributed by atoms with Crippen LogP contribution in [0.3, 0.4) is 0 Å². The van der Waals surface area contributed by atoms with Crippen LogP contribution >= 0.6 is 12.2 Å². The lowest BCUT2D eigenvalue weighted by atomic mass is 10.2. The van der Waals surface area contributed by atoms with Crippen molar-refractivity contribution < 1.29 is 19.4 Å². The first kappa shape index (κ1) is 14.2. The Morgan fingerprint density at radius 2 is 2.05 bits per heavy atom. The van der Waals surface area contributed by atoms with E-state index in [1.54, 1.807) is 10.6 Å². The van der Waals surface area contributed by atoms with Gasteiger partial charge in [-0.05, 0) is 36.5 Å². The largest absolute Gasteiger partial charge is 0.507 e. The Bertz CT molecular complexity index is 913. The molecular formula is C15H12N2O4S. The van der Waals surface area contributed by atoms with Gasteiger partial charge in [-0.25, -0.2) is 4.79 Å². The molecule has 1 aromatic heterocycles. The highest BCUT2D eigenvalue weighted by Crippen LogP contribution is 2.23. The number of hydrogen-bond donors (Lipinski definition) is 3. The zero-order valence-corrected chi connectivity index (χ0v) is 12.1. The molecule has 2 aromatic carbocycles. The van der Waals surface area contributed by atoms with Gasteiger partial charge in [-0.15, -0.1) is 0 Å². The number of nitrogens with zero attached hydrogens (tertiary/aromatic N) is 1. The quantitative estimate of drug-likeness (QED) is 0.639. The molecule has 3 N–H and O–H groups in total. The monoisotopic (exact) mass is 316 g/mol. The zero-order valence-electron chi connectivity index (χ0n) is 11.3. The van der Waals surface area contributed by atoms with E-state index in [4.69, 9.17) is 21.7 Å². The average molecular weight is 316 g/mol. The van der Waals surface area contributed by atoms with E-state index in [1.807, 2.05) is 24.3 Å². The Kier molecular flexibility index (Phi) is 3.56. The van der Waals surface area contributed by atoms with Gasteiger partial charge in [0, 0.05) is 11.8 Å². The Hall–Kier alpha value is -2.80. The van der Waals surface area contributed by atoms with E-state index in [0.29, 0.717) is 22.8 Å². The van der Waals surface area contributed by atoms with Crippen LogP contribution in [-0.4, -0.2) is 20.7 Å². The number of nitrogens with one attached hydrogen (secondary N) is 1. The molecule has 0 aliphatic carbocycles. The van der Waals surface area contributed by atoms with Gasteiger partial charge in [0.25, 0.3) is 4.84 Å². The number of hydrogen-bond acceptors (Lipinski definition) is 5. The standard InChI is InChI=1S/C15H12N2O4S/c18-12-7-9(5-6-10(12)14(19)20)16-8-17-11-3-1-2-4-13(11)21-15(17)22/h1-7,16,18H,8H2,(H,19,20). The summed E-state index contributed by atoms with van der Waals surface area (Å²) < 4.78 is 7.24. The van der Waals surface area contributed by atoms with Crippen molar-refractivity contribution in [1.82, 2.24) is 4.57 Å². The third-order valence-electron chi connectivity index (χ3n) is 3.24. The summed E-state index contributed by atoms with van der Waals surface area (Å²) in [6, 6.07) is 11.7. The van der Waals surface area contributed by atoms with Crippen LogP contribution in [0.2, 0.25) is 0 Å². The fourth-order valence-electron chi connectivity index (χ4n) is 2.16. The van der Waals surface area contributed by atoms with Gasteiger partial charge in [0.2, 0.25) is 0 Å². The van der Waals surface area contributed by atoms with E-state index >= 15 is 0 Å². The second-order valence-electron chi connectivity index (χ2n) is 4.64. The van der Waals surface area contributed by atoms with Crippen molar-refractivity contribution in [2.45, 2.75) is 6.67 Å². The number of para-hydroxylation sites is 2. The van der Waals surface area contributed by atoms with Crippen LogP contribution in [0.15, 0.2) is 46.9 Å². The minimum absolute atomic E-state index is 0.143. The minimum atomic E-state index is -1.17. The summed E-state index contributed by atoms with van der Waals surface area (Å²) >= 11 is 5.18. The number of aromatic hydroxyl groups is 1. The molecule has 0 fully saturated rings. The fraction of sp³-hybridized carbons (Fsp3) is 0.0667. The molecule has 22 heavy (non-hydrogen) atoms. The van der Waals surface area contributed by atoms with E-state index in [0.717, 1.165) is 5.52 Å². The third-order valence-corrected chi connectivity index (χ3v) is 3.55. The van der Waals surface area contributed by atoms with Crippen LogP contribution in [0.1, 0.15) is 10.4 Å². The Morgan fingerprint density at radius 1 is 1.27 bits per heavy atom. The lowest BCUT2D eigenvalue weighted by molar-refractivity contribution is 0.0694. The molecule has 3 aromatic rings. The number of oxazole rings is 1. The molecule has 0 saturated carbocycles. The lowest BCUT2D eigenvalue weighted by Gasteiger charge is -2.09. The van der Waals surface area contributed by atoms with E-state index in [1.165, 1.54) is 12.1 Å². The maximum Gasteiger partial charge on any atom is 0.339 e. The molecule has 7 heteroatoms. The summed E-state index contributed by atoms with van der Waals surface area (Å²) in [5, 5.41) is 21.6.